The number of nitrogens with zero attached hydrogens (tertiary/aromatic N) is 6. The molecule has 200 valence electrons. The van der Waals surface area contributed by atoms with Gasteiger partial charge in [0, 0.05) is 51.4 Å². The Morgan fingerprint density at radius 1 is 0.972 bits per heavy atom. The predicted molar refractivity (Wildman–Crippen MR) is 139 cm³/mol. The van der Waals surface area contributed by atoms with Crippen molar-refractivity contribution in [1.29, 1.82) is 0 Å². The average molecular weight is 522 g/mol. The van der Waals surface area contributed by atoms with Crippen molar-refractivity contribution in [2.24, 2.45) is 5.73 Å². The molecular formula is C23H39N9O3S. The molecule has 2 aromatic rings. The van der Waals surface area contributed by atoms with Crippen molar-refractivity contribution >= 4 is 33.2 Å². The lowest BCUT2D eigenvalue weighted by atomic mass is 9.92. The van der Waals surface area contributed by atoms with E-state index >= 15 is 0 Å². The Bertz CT molecular complexity index is 1130. The fourth-order valence-corrected chi connectivity index (χ4v) is 6.76. The van der Waals surface area contributed by atoms with Gasteiger partial charge in [0.15, 0.2) is 17.0 Å². The maximum Gasteiger partial charge on any atom is 0.354 e. The molecule has 4 N–H and O–H groups in total. The SMILES string of the molecule is CN(C)OS(=O)(=O)N1CCC(Nc2nc(NC3CCC(N)CC3)nc3c2ncn3C2CCCC2)CC1. The van der Waals surface area contributed by atoms with Crippen LogP contribution in [0.25, 0.3) is 11.2 Å². The van der Waals surface area contributed by atoms with Crippen LogP contribution in [0.2, 0.25) is 0 Å². The van der Waals surface area contributed by atoms with E-state index in [-0.39, 0.29) is 12.1 Å². The van der Waals surface area contributed by atoms with E-state index in [0.29, 0.717) is 49.8 Å². The number of anilines is 2. The van der Waals surface area contributed by atoms with E-state index in [0.717, 1.165) is 49.7 Å². The molecule has 3 heterocycles. The summed E-state index contributed by atoms with van der Waals surface area (Å²) >= 11 is 0. The fraction of sp³-hybridized carbons (Fsp3) is 0.783. The van der Waals surface area contributed by atoms with E-state index in [4.69, 9.17) is 25.0 Å². The number of nitrogens with two attached hydrogens (primary N) is 1. The molecule has 13 heteroatoms. The first-order chi connectivity index (χ1) is 17.3. The summed E-state index contributed by atoms with van der Waals surface area (Å²) in [7, 11) is -0.656. The Labute approximate surface area is 213 Å². The van der Waals surface area contributed by atoms with E-state index in [9.17, 15) is 8.42 Å². The molecule has 1 saturated heterocycles. The van der Waals surface area contributed by atoms with Crippen LogP contribution in [0.4, 0.5) is 11.8 Å². The van der Waals surface area contributed by atoms with Crippen LogP contribution in [-0.4, -0.2) is 82.6 Å². The van der Waals surface area contributed by atoms with Crippen LogP contribution in [0.3, 0.4) is 0 Å². The summed E-state index contributed by atoms with van der Waals surface area (Å²) < 4.78 is 33.4. The third-order valence-electron chi connectivity index (χ3n) is 7.60. The van der Waals surface area contributed by atoms with E-state index in [1.165, 1.54) is 22.2 Å². The van der Waals surface area contributed by atoms with Gasteiger partial charge in [0.1, 0.15) is 0 Å². The Hall–Kier alpha value is -2.06. The van der Waals surface area contributed by atoms with Gasteiger partial charge in [-0.2, -0.15) is 32.0 Å². The van der Waals surface area contributed by atoms with Crippen molar-refractivity contribution in [3.05, 3.63) is 6.33 Å². The fourth-order valence-electron chi connectivity index (χ4n) is 5.63. The number of hydroxylamine groups is 2. The molecule has 0 unspecified atom stereocenters. The summed E-state index contributed by atoms with van der Waals surface area (Å²) in [5.74, 6) is 1.32. The molecule has 0 bridgehead atoms. The molecule has 2 saturated carbocycles. The van der Waals surface area contributed by atoms with Crippen LogP contribution < -0.4 is 16.4 Å². The molecule has 2 aliphatic carbocycles. The van der Waals surface area contributed by atoms with Gasteiger partial charge >= 0.3 is 10.3 Å². The molecule has 36 heavy (non-hydrogen) atoms. The highest BCUT2D eigenvalue weighted by Gasteiger charge is 2.31. The van der Waals surface area contributed by atoms with Gasteiger partial charge in [-0.1, -0.05) is 12.8 Å². The number of hydrogen-bond donors (Lipinski definition) is 3. The van der Waals surface area contributed by atoms with Gasteiger partial charge in [-0.05, 0) is 51.4 Å². The number of nitrogens with one attached hydrogen (secondary N) is 2. The van der Waals surface area contributed by atoms with Gasteiger partial charge in [0.05, 0.1) is 6.33 Å². The largest absolute Gasteiger partial charge is 0.365 e. The summed E-state index contributed by atoms with van der Waals surface area (Å²) in [4.78, 5) is 14.5. The minimum atomic E-state index is -3.78. The van der Waals surface area contributed by atoms with Gasteiger partial charge in [0.25, 0.3) is 0 Å². The lowest BCUT2D eigenvalue weighted by molar-refractivity contribution is -0.00555. The third kappa shape index (κ3) is 5.75. The van der Waals surface area contributed by atoms with Crippen molar-refractivity contribution in [1.82, 2.24) is 28.9 Å². The quantitative estimate of drug-likeness (QED) is 0.442. The Balaban J connectivity index is 1.35. The molecule has 12 nitrogen and oxygen atoms in total. The van der Waals surface area contributed by atoms with Crippen molar-refractivity contribution in [2.45, 2.75) is 88.4 Å². The number of rotatable bonds is 8. The highest BCUT2D eigenvalue weighted by atomic mass is 32.2. The van der Waals surface area contributed by atoms with E-state index in [1.54, 1.807) is 14.1 Å². The topological polar surface area (TPSA) is 144 Å². The summed E-state index contributed by atoms with van der Waals surface area (Å²) in [5, 5.41) is 8.32. The lowest BCUT2D eigenvalue weighted by Gasteiger charge is -2.31. The van der Waals surface area contributed by atoms with Gasteiger partial charge in [-0.25, -0.2) is 4.98 Å². The molecule has 5 rings (SSSR count). The Morgan fingerprint density at radius 3 is 2.31 bits per heavy atom. The number of piperidine rings is 1. The van der Waals surface area contributed by atoms with Gasteiger partial charge in [-0.15, -0.1) is 0 Å². The number of imidazole rings is 1. The summed E-state index contributed by atoms with van der Waals surface area (Å²) in [6, 6.07) is 1.09. The predicted octanol–water partition coefficient (Wildman–Crippen LogP) is 2.24. The second kappa shape index (κ2) is 10.7. The maximum absolute atomic E-state index is 12.4. The minimum Gasteiger partial charge on any atom is -0.365 e. The Kier molecular flexibility index (Phi) is 7.63. The van der Waals surface area contributed by atoms with Crippen molar-refractivity contribution in [3.8, 4) is 0 Å². The molecule has 3 aliphatic rings. The molecule has 0 aromatic carbocycles. The van der Waals surface area contributed by atoms with Gasteiger partial charge in [-0.3, -0.25) is 0 Å². The van der Waals surface area contributed by atoms with Crippen molar-refractivity contribution < 1.29 is 12.7 Å². The summed E-state index contributed by atoms with van der Waals surface area (Å²) in [5.41, 5.74) is 7.72. The minimum absolute atomic E-state index is 0.0751. The second-order valence-electron chi connectivity index (χ2n) is 10.6. The lowest BCUT2D eigenvalue weighted by Crippen LogP contribution is -2.44. The summed E-state index contributed by atoms with van der Waals surface area (Å²) in [6.07, 6.45) is 12.0. The first-order valence-corrected chi connectivity index (χ1v) is 14.6. The standard InChI is InChI=1S/C23H39N9O3S/c1-30(2)35-36(33,34)31-13-11-18(12-14-31)26-21-20-22(32(15-25-20)19-5-3-4-6-19)29-23(28-21)27-17-9-7-16(24)8-10-17/h15-19H,3-14,24H2,1-2H3,(H2,26,27,28,29). The zero-order chi connectivity index (χ0) is 25.3. The van der Waals surface area contributed by atoms with Crippen LogP contribution in [-0.2, 0) is 14.6 Å². The second-order valence-corrected chi connectivity index (χ2v) is 12.1. The molecule has 1 aliphatic heterocycles. The monoisotopic (exact) mass is 521 g/mol. The number of hydrogen-bond acceptors (Lipinski definition) is 10. The Morgan fingerprint density at radius 2 is 1.64 bits per heavy atom. The van der Waals surface area contributed by atoms with Gasteiger partial charge in [0.2, 0.25) is 5.95 Å². The maximum atomic E-state index is 12.4. The average Bonchev–Trinajstić information content (AvgIpc) is 3.50. The highest BCUT2D eigenvalue weighted by molar-refractivity contribution is 7.84. The zero-order valence-electron chi connectivity index (χ0n) is 21.3. The molecule has 0 spiro atoms. The van der Waals surface area contributed by atoms with Crippen LogP contribution in [0, 0.1) is 0 Å². The van der Waals surface area contributed by atoms with Gasteiger partial charge < -0.3 is 20.9 Å². The van der Waals surface area contributed by atoms with Crippen LogP contribution in [0.1, 0.15) is 70.3 Å². The molecule has 0 amide bonds. The van der Waals surface area contributed by atoms with E-state index in [1.807, 2.05) is 6.33 Å². The first-order valence-electron chi connectivity index (χ1n) is 13.2. The van der Waals surface area contributed by atoms with E-state index in [2.05, 4.69) is 15.2 Å². The smallest absolute Gasteiger partial charge is 0.354 e. The summed E-state index contributed by atoms with van der Waals surface area (Å²) in [6.45, 7) is 0.762. The van der Waals surface area contributed by atoms with Crippen LogP contribution >= 0.6 is 0 Å². The van der Waals surface area contributed by atoms with Crippen molar-refractivity contribution in [2.75, 3.05) is 37.8 Å². The van der Waals surface area contributed by atoms with Crippen molar-refractivity contribution in [3.63, 3.8) is 0 Å². The van der Waals surface area contributed by atoms with Crippen LogP contribution in [0.5, 0.6) is 0 Å². The molecule has 0 radical (unpaired) electrons. The molecule has 3 fully saturated rings. The van der Waals surface area contributed by atoms with E-state index < -0.39 is 10.3 Å². The number of aromatic nitrogens is 4. The third-order valence-corrected chi connectivity index (χ3v) is 9.08. The normalized spacial score (nSPS) is 25.1. The zero-order valence-corrected chi connectivity index (χ0v) is 22.1. The van der Waals surface area contributed by atoms with Crippen LogP contribution in [0.15, 0.2) is 6.33 Å². The highest BCUT2D eigenvalue weighted by Crippen LogP contribution is 2.34. The molecule has 2 aromatic heterocycles. The molecular weight excluding hydrogens is 482 g/mol. The molecule has 0 atom stereocenters. The first kappa shape index (κ1) is 25.6. The number of fused-ring (bicyclic) bond motifs is 1.